The Labute approximate surface area is 62.6 Å². The van der Waals surface area contributed by atoms with Gasteiger partial charge in [0.15, 0.2) is 0 Å². The van der Waals surface area contributed by atoms with Crippen LogP contribution in [0.3, 0.4) is 0 Å². The fourth-order valence-electron chi connectivity index (χ4n) is 0.506. The highest BCUT2D eigenvalue weighted by molar-refractivity contribution is 5.79. The molecule has 0 aromatic heterocycles. The number of carbonyl (C=O) groups is 1. The zero-order chi connectivity index (χ0) is 7.11. The average Bonchev–Trinajstić information content (AvgIpc) is 1.80. The fourth-order valence-corrected chi connectivity index (χ4v) is 0.506. The number of unbranched alkanes of at least 4 members (excludes halogenated alkanes) is 2. The Morgan fingerprint density at radius 3 is 2.60 bits per heavy atom. The van der Waals surface area contributed by atoms with Crippen LogP contribution in [-0.4, -0.2) is 11.1 Å². The topological polar surface area (TPSA) is 37.3 Å². The highest BCUT2D eigenvalue weighted by Gasteiger charge is 1.83. The maximum absolute atomic E-state index is 9.88. The smallest absolute Gasteiger partial charge is 0.327 e. The van der Waals surface area contributed by atoms with Crippen LogP contribution in [-0.2, 0) is 4.79 Å². The van der Waals surface area contributed by atoms with Crippen molar-refractivity contribution in [2.45, 2.75) is 33.6 Å². The Balaban J connectivity index is 0. The second kappa shape index (κ2) is 8.21. The van der Waals surface area contributed by atoms with Crippen LogP contribution < -0.4 is 0 Å². The zero-order valence-electron chi connectivity index (χ0n) is 5.63. The van der Waals surface area contributed by atoms with Crippen molar-refractivity contribution in [2.75, 3.05) is 0 Å². The van der Waals surface area contributed by atoms with Gasteiger partial charge in [-0.2, -0.15) is 0 Å². The summed E-state index contributed by atoms with van der Waals surface area (Å²) >= 11 is 0. The van der Waals surface area contributed by atoms with Gasteiger partial charge in [0.25, 0.3) is 0 Å². The van der Waals surface area contributed by atoms with Crippen molar-refractivity contribution in [2.24, 2.45) is 0 Å². The number of carboxylic acid groups (broad SMARTS) is 1. The predicted molar refractivity (Wildman–Crippen MR) is 43.0 cm³/mol. The van der Waals surface area contributed by atoms with Gasteiger partial charge in [0.05, 0.1) is 0 Å². The van der Waals surface area contributed by atoms with Gasteiger partial charge in [-0.25, -0.2) is 4.79 Å². The first-order valence-electron chi connectivity index (χ1n) is 3.17. The molecule has 0 aliphatic carbocycles. The molecule has 0 saturated heterocycles. The predicted octanol–water partition coefficient (Wildman–Crippen LogP) is 2.45. The van der Waals surface area contributed by atoms with Gasteiger partial charge in [-0.15, -0.1) is 0 Å². The minimum Gasteiger partial charge on any atom is -0.478 e. The van der Waals surface area contributed by atoms with Crippen LogP contribution in [0, 0.1) is 0 Å². The molecule has 0 aromatic carbocycles. The van der Waals surface area contributed by atoms with E-state index < -0.39 is 5.97 Å². The summed E-state index contributed by atoms with van der Waals surface area (Å²) in [5, 5.41) is 8.13. The van der Waals surface area contributed by atoms with E-state index in [0.29, 0.717) is 0 Å². The summed E-state index contributed by atoms with van der Waals surface area (Å²) in [5.74, 6) is -0.855. The lowest BCUT2D eigenvalue weighted by molar-refractivity contribution is -0.131. The van der Waals surface area contributed by atoms with E-state index in [-0.39, 0.29) is 7.43 Å². The summed E-state index contributed by atoms with van der Waals surface area (Å²) in [7, 11) is 0. The number of aliphatic carboxylic acids is 1. The number of hydrogen-bond donors (Lipinski definition) is 1. The lowest BCUT2D eigenvalue weighted by Gasteiger charge is -1.85. The number of carboxylic acids is 1. The molecule has 0 rings (SSSR count). The van der Waals surface area contributed by atoms with Gasteiger partial charge in [0.1, 0.15) is 0 Å². The van der Waals surface area contributed by atoms with Crippen LogP contribution in [0.1, 0.15) is 33.6 Å². The molecule has 0 spiro atoms. The van der Waals surface area contributed by atoms with Crippen LogP contribution in [0.25, 0.3) is 0 Å². The van der Waals surface area contributed by atoms with Gasteiger partial charge in [0, 0.05) is 6.08 Å². The van der Waals surface area contributed by atoms with Crippen molar-refractivity contribution < 1.29 is 9.90 Å². The van der Waals surface area contributed by atoms with Crippen LogP contribution in [0.2, 0.25) is 0 Å². The van der Waals surface area contributed by atoms with Crippen LogP contribution in [0.5, 0.6) is 0 Å². The molecule has 0 aliphatic heterocycles. The highest BCUT2D eigenvalue weighted by Crippen LogP contribution is 1.93. The van der Waals surface area contributed by atoms with Gasteiger partial charge in [-0.05, 0) is 6.42 Å². The third kappa shape index (κ3) is 10.2. The molecule has 2 nitrogen and oxygen atoms in total. The van der Waals surface area contributed by atoms with Crippen molar-refractivity contribution in [3.05, 3.63) is 12.2 Å². The number of allylic oxidation sites excluding steroid dienone is 1. The molecule has 0 amide bonds. The van der Waals surface area contributed by atoms with Gasteiger partial charge < -0.3 is 5.11 Å². The van der Waals surface area contributed by atoms with Crippen molar-refractivity contribution >= 4 is 5.97 Å². The molecule has 10 heavy (non-hydrogen) atoms. The van der Waals surface area contributed by atoms with Crippen LogP contribution >= 0.6 is 0 Å². The van der Waals surface area contributed by atoms with E-state index in [1.54, 1.807) is 6.08 Å². The zero-order valence-corrected chi connectivity index (χ0v) is 5.63. The highest BCUT2D eigenvalue weighted by atomic mass is 16.4. The monoisotopic (exact) mass is 144 g/mol. The van der Waals surface area contributed by atoms with Crippen molar-refractivity contribution in [3.63, 3.8) is 0 Å². The van der Waals surface area contributed by atoms with E-state index in [2.05, 4.69) is 6.92 Å². The molecular formula is C8H16O2. The molecule has 1 N–H and O–H groups in total. The molecular weight excluding hydrogens is 128 g/mol. The van der Waals surface area contributed by atoms with Crippen molar-refractivity contribution in [3.8, 4) is 0 Å². The van der Waals surface area contributed by atoms with E-state index in [1.807, 2.05) is 0 Å². The second-order valence-corrected chi connectivity index (χ2v) is 1.88. The molecule has 0 unspecified atom stereocenters. The third-order valence-electron chi connectivity index (χ3n) is 0.985. The van der Waals surface area contributed by atoms with E-state index in [9.17, 15) is 4.79 Å². The average molecular weight is 144 g/mol. The second-order valence-electron chi connectivity index (χ2n) is 1.88. The molecule has 0 fully saturated rings. The summed E-state index contributed by atoms with van der Waals surface area (Å²) in [5.41, 5.74) is 0. The molecule has 0 saturated carbocycles. The number of rotatable bonds is 4. The summed E-state index contributed by atoms with van der Waals surface area (Å²) in [6.45, 7) is 2.08. The summed E-state index contributed by atoms with van der Waals surface area (Å²) in [4.78, 5) is 9.88. The lowest BCUT2D eigenvalue weighted by atomic mass is 10.2. The molecule has 0 aromatic rings. The Morgan fingerprint density at radius 2 is 2.20 bits per heavy atom. The van der Waals surface area contributed by atoms with E-state index in [4.69, 9.17) is 5.11 Å². The summed E-state index contributed by atoms with van der Waals surface area (Å²) in [6.07, 6.45) is 5.94. The SMILES string of the molecule is C.CCCCC=CC(=O)O. The molecule has 2 heteroatoms. The Bertz CT molecular complexity index is 106. The van der Waals surface area contributed by atoms with Gasteiger partial charge in [-0.1, -0.05) is 33.3 Å². The molecule has 0 radical (unpaired) electrons. The van der Waals surface area contributed by atoms with Gasteiger partial charge in [0.2, 0.25) is 0 Å². The minimum absolute atomic E-state index is 0. The van der Waals surface area contributed by atoms with E-state index >= 15 is 0 Å². The minimum atomic E-state index is -0.855. The first-order valence-corrected chi connectivity index (χ1v) is 3.17. The summed E-state index contributed by atoms with van der Waals surface area (Å²) in [6, 6.07) is 0. The Kier molecular flexibility index (Phi) is 9.80. The molecule has 0 aliphatic rings. The first-order chi connectivity index (χ1) is 4.27. The van der Waals surface area contributed by atoms with E-state index in [0.717, 1.165) is 19.3 Å². The maximum atomic E-state index is 9.88. The van der Waals surface area contributed by atoms with Gasteiger partial charge in [-0.3, -0.25) is 0 Å². The maximum Gasteiger partial charge on any atom is 0.327 e. The molecule has 0 heterocycles. The van der Waals surface area contributed by atoms with Crippen molar-refractivity contribution in [1.29, 1.82) is 0 Å². The van der Waals surface area contributed by atoms with Crippen LogP contribution in [0.4, 0.5) is 0 Å². The quantitative estimate of drug-likeness (QED) is 0.486. The van der Waals surface area contributed by atoms with Gasteiger partial charge >= 0.3 is 5.97 Å². The van der Waals surface area contributed by atoms with Crippen molar-refractivity contribution in [1.82, 2.24) is 0 Å². The molecule has 60 valence electrons. The van der Waals surface area contributed by atoms with E-state index in [1.165, 1.54) is 6.08 Å². The Morgan fingerprint density at radius 1 is 1.60 bits per heavy atom. The fraction of sp³-hybridized carbons (Fsp3) is 0.625. The Hall–Kier alpha value is -0.790. The third-order valence-corrected chi connectivity index (χ3v) is 0.985. The molecule has 0 atom stereocenters. The largest absolute Gasteiger partial charge is 0.478 e. The van der Waals surface area contributed by atoms with Crippen LogP contribution in [0.15, 0.2) is 12.2 Å². The lowest BCUT2D eigenvalue weighted by Crippen LogP contribution is -1.85. The molecule has 0 bridgehead atoms. The first kappa shape index (κ1) is 11.9. The normalized spacial score (nSPS) is 9.30. The standard InChI is InChI=1S/C7H12O2.CH4/c1-2-3-4-5-6-7(8)9;/h5-6H,2-4H2,1H3,(H,8,9);1H4. The number of hydrogen-bond acceptors (Lipinski definition) is 1. The summed E-state index contributed by atoms with van der Waals surface area (Å²) < 4.78 is 0.